The van der Waals surface area contributed by atoms with E-state index in [1.807, 2.05) is 0 Å². The van der Waals surface area contributed by atoms with Gasteiger partial charge in [0.2, 0.25) is 11.8 Å². The van der Waals surface area contributed by atoms with Crippen LogP contribution in [0.3, 0.4) is 0 Å². The van der Waals surface area contributed by atoms with Crippen molar-refractivity contribution in [1.29, 1.82) is 0 Å². The summed E-state index contributed by atoms with van der Waals surface area (Å²) in [6.45, 7) is 2.73. The maximum Gasteiger partial charge on any atom is 0.240 e. The van der Waals surface area contributed by atoms with Crippen LogP contribution in [-0.4, -0.2) is 18.4 Å². The van der Waals surface area contributed by atoms with Crippen LogP contribution in [0.2, 0.25) is 10.0 Å². The molecule has 0 heterocycles. The van der Waals surface area contributed by atoms with Crippen LogP contribution in [0.1, 0.15) is 39.0 Å². The number of carbonyl (C=O) groups excluding carboxylic acids is 2. The van der Waals surface area contributed by atoms with Gasteiger partial charge in [-0.1, -0.05) is 43.0 Å². The topological polar surface area (TPSA) is 58.2 Å². The predicted molar refractivity (Wildman–Crippen MR) is 89.3 cm³/mol. The molecule has 1 aliphatic rings. The average molecular weight is 343 g/mol. The van der Waals surface area contributed by atoms with E-state index in [2.05, 4.69) is 17.6 Å². The lowest BCUT2D eigenvalue weighted by Crippen LogP contribution is -2.40. The first-order valence-electron chi connectivity index (χ1n) is 7.54. The first kappa shape index (κ1) is 17.1. The Morgan fingerprint density at radius 1 is 1.14 bits per heavy atom. The number of unbranched alkanes of at least 4 members (excludes halogenated alkanes) is 2. The Morgan fingerprint density at radius 3 is 2.45 bits per heavy atom. The average Bonchev–Trinajstić information content (AvgIpc) is 3.29. The minimum Gasteiger partial charge on any atom is -0.355 e. The second-order valence-corrected chi connectivity index (χ2v) is 6.44. The molecule has 2 rings (SSSR count). The smallest absolute Gasteiger partial charge is 0.240 e. The Kier molecular flexibility index (Phi) is 5.70. The summed E-state index contributed by atoms with van der Waals surface area (Å²) in [6.07, 6.45) is 4.27. The molecule has 120 valence electrons. The number of hydrogen-bond acceptors (Lipinski definition) is 2. The molecule has 4 nitrogen and oxygen atoms in total. The first-order chi connectivity index (χ1) is 10.5. The van der Waals surface area contributed by atoms with Gasteiger partial charge in [-0.25, -0.2) is 0 Å². The molecule has 0 atom stereocenters. The minimum atomic E-state index is -0.918. The van der Waals surface area contributed by atoms with E-state index in [1.165, 1.54) is 0 Å². The van der Waals surface area contributed by atoms with E-state index in [9.17, 15) is 9.59 Å². The van der Waals surface area contributed by atoms with Gasteiger partial charge in [-0.15, -0.1) is 0 Å². The van der Waals surface area contributed by atoms with Gasteiger partial charge in [0, 0.05) is 12.2 Å². The Hall–Kier alpha value is -1.26. The van der Waals surface area contributed by atoms with Crippen LogP contribution in [0.25, 0.3) is 0 Å². The summed E-state index contributed by atoms with van der Waals surface area (Å²) in [7, 11) is 0. The Morgan fingerprint density at radius 2 is 1.86 bits per heavy atom. The van der Waals surface area contributed by atoms with Gasteiger partial charge in [0.15, 0.2) is 0 Å². The van der Waals surface area contributed by atoms with Crippen molar-refractivity contribution in [2.75, 3.05) is 11.9 Å². The van der Waals surface area contributed by atoms with Crippen LogP contribution in [0.5, 0.6) is 0 Å². The molecule has 0 bridgehead atoms. The zero-order valence-electron chi connectivity index (χ0n) is 12.5. The van der Waals surface area contributed by atoms with Gasteiger partial charge < -0.3 is 10.6 Å². The van der Waals surface area contributed by atoms with Crippen molar-refractivity contribution in [3.63, 3.8) is 0 Å². The number of nitrogens with one attached hydrogen (secondary N) is 2. The molecule has 6 heteroatoms. The molecule has 0 radical (unpaired) electrons. The number of rotatable bonds is 7. The number of carbonyl (C=O) groups is 2. The van der Waals surface area contributed by atoms with E-state index >= 15 is 0 Å². The van der Waals surface area contributed by atoms with Gasteiger partial charge >= 0.3 is 0 Å². The summed E-state index contributed by atoms with van der Waals surface area (Å²) in [5.41, 5.74) is -0.373. The van der Waals surface area contributed by atoms with Gasteiger partial charge in [-0.05, 0) is 37.5 Å². The third-order valence-electron chi connectivity index (χ3n) is 3.86. The molecule has 0 aliphatic heterocycles. The standard InChI is InChI=1S/C16H20Cl2N2O2/c1-2-3-4-9-19-14(21)16(7-8-16)15(22)20-11-5-6-12(17)13(18)10-11/h5-6,10H,2-4,7-9H2,1H3,(H,19,21)(H,20,22). The molecule has 2 amide bonds. The second kappa shape index (κ2) is 7.34. The van der Waals surface area contributed by atoms with Gasteiger partial charge in [0.1, 0.15) is 5.41 Å². The van der Waals surface area contributed by atoms with E-state index in [0.717, 1.165) is 19.3 Å². The van der Waals surface area contributed by atoms with E-state index in [0.29, 0.717) is 35.1 Å². The molecule has 1 aromatic rings. The number of benzene rings is 1. The van der Waals surface area contributed by atoms with Crippen LogP contribution in [-0.2, 0) is 9.59 Å². The summed E-state index contributed by atoms with van der Waals surface area (Å²) in [5, 5.41) is 6.41. The number of hydrogen-bond donors (Lipinski definition) is 2. The number of halogens is 2. The predicted octanol–water partition coefficient (Wildman–Crippen LogP) is 4.02. The third kappa shape index (κ3) is 3.93. The molecule has 0 spiro atoms. The maximum absolute atomic E-state index is 12.4. The van der Waals surface area contributed by atoms with Crippen LogP contribution in [0.4, 0.5) is 5.69 Å². The Bertz CT molecular complexity index is 571. The summed E-state index contributed by atoms with van der Waals surface area (Å²) >= 11 is 11.8. The fourth-order valence-electron chi connectivity index (χ4n) is 2.25. The molecule has 1 aliphatic carbocycles. The Labute approximate surface area is 140 Å². The summed E-state index contributed by atoms with van der Waals surface area (Å²) in [5.74, 6) is -0.458. The molecular formula is C16H20Cl2N2O2. The lowest BCUT2D eigenvalue weighted by molar-refractivity contribution is -0.134. The van der Waals surface area contributed by atoms with Gasteiger partial charge in [0.05, 0.1) is 10.0 Å². The molecule has 1 fully saturated rings. The SMILES string of the molecule is CCCCCNC(=O)C1(C(=O)Nc2ccc(Cl)c(Cl)c2)CC1. The zero-order chi connectivity index (χ0) is 16.2. The fourth-order valence-corrected chi connectivity index (χ4v) is 2.55. The van der Waals surface area contributed by atoms with Crippen molar-refractivity contribution in [1.82, 2.24) is 5.32 Å². The highest BCUT2D eigenvalue weighted by atomic mass is 35.5. The molecule has 0 saturated heterocycles. The first-order valence-corrected chi connectivity index (χ1v) is 8.30. The van der Waals surface area contributed by atoms with Crippen molar-refractivity contribution < 1.29 is 9.59 Å². The van der Waals surface area contributed by atoms with Crippen molar-refractivity contribution in [3.05, 3.63) is 28.2 Å². The molecule has 1 saturated carbocycles. The fraction of sp³-hybridized carbons (Fsp3) is 0.500. The summed E-state index contributed by atoms with van der Waals surface area (Å²) in [4.78, 5) is 24.6. The van der Waals surface area contributed by atoms with Gasteiger partial charge in [-0.2, -0.15) is 0 Å². The van der Waals surface area contributed by atoms with Crippen LogP contribution in [0, 0.1) is 5.41 Å². The normalized spacial score (nSPS) is 15.2. The monoisotopic (exact) mass is 342 g/mol. The van der Waals surface area contributed by atoms with Gasteiger partial charge in [0.25, 0.3) is 0 Å². The van der Waals surface area contributed by atoms with E-state index in [4.69, 9.17) is 23.2 Å². The lowest BCUT2D eigenvalue weighted by atomic mass is 10.0. The van der Waals surface area contributed by atoms with Gasteiger partial charge in [-0.3, -0.25) is 9.59 Å². The molecule has 2 N–H and O–H groups in total. The highest BCUT2D eigenvalue weighted by Crippen LogP contribution is 2.47. The lowest BCUT2D eigenvalue weighted by Gasteiger charge is -2.15. The number of anilines is 1. The molecule has 1 aromatic carbocycles. The van der Waals surface area contributed by atoms with Crippen molar-refractivity contribution >= 4 is 40.7 Å². The molecule has 22 heavy (non-hydrogen) atoms. The zero-order valence-corrected chi connectivity index (χ0v) is 14.1. The highest BCUT2D eigenvalue weighted by Gasteiger charge is 2.56. The second-order valence-electron chi connectivity index (χ2n) is 5.63. The largest absolute Gasteiger partial charge is 0.355 e. The molecule has 0 unspecified atom stereocenters. The van der Waals surface area contributed by atoms with Crippen molar-refractivity contribution in [2.24, 2.45) is 5.41 Å². The van der Waals surface area contributed by atoms with Crippen LogP contribution < -0.4 is 10.6 Å². The highest BCUT2D eigenvalue weighted by molar-refractivity contribution is 6.42. The van der Waals surface area contributed by atoms with E-state index in [1.54, 1.807) is 18.2 Å². The van der Waals surface area contributed by atoms with Crippen molar-refractivity contribution in [2.45, 2.75) is 39.0 Å². The van der Waals surface area contributed by atoms with Crippen LogP contribution >= 0.6 is 23.2 Å². The van der Waals surface area contributed by atoms with Crippen LogP contribution in [0.15, 0.2) is 18.2 Å². The number of amides is 2. The molecular weight excluding hydrogens is 323 g/mol. The minimum absolute atomic E-state index is 0.179. The van der Waals surface area contributed by atoms with Crippen molar-refractivity contribution in [3.8, 4) is 0 Å². The van der Waals surface area contributed by atoms with E-state index in [-0.39, 0.29) is 11.8 Å². The summed E-state index contributed by atoms with van der Waals surface area (Å²) in [6, 6.07) is 4.86. The summed E-state index contributed by atoms with van der Waals surface area (Å²) < 4.78 is 0. The Balaban J connectivity index is 1.93. The molecule has 0 aromatic heterocycles. The maximum atomic E-state index is 12.4. The third-order valence-corrected chi connectivity index (χ3v) is 4.60. The quantitative estimate of drug-likeness (QED) is 0.580. The van der Waals surface area contributed by atoms with E-state index < -0.39 is 5.41 Å².